The van der Waals surface area contributed by atoms with Crippen molar-refractivity contribution >= 4 is 28.4 Å². The Balaban J connectivity index is 1.36. The van der Waals surface area contributed by atoms with E-state index in [0.717, 1.165) is 48.7 Å². The van der Waals surface area contributed by atoms with Crippen molar-refractivity contribution in [2.75, 3.05) is 18.5 Å². The number of ether oxygens (including phenoxy) is 1. The molecular weight excluding hydrogens is 390 g/mol. The van der Waals surface area contributed by atoms with E-state index in [1.54, 1.807) is 12.1 Å². The second-order valence-electron chi connectivity index (χ2n) is 8.50. The van der Waals surface area contributed by atoms with E-state index >= 15 is 0 Å². The Bertz CT molecular complexity index is 1150. The highest BCUT2D eigenvalue weighted by Gasteiger charge is 2.31. The largest absolute Gasteiger partial charge is 0.493 e. The number of carbonyl (C=O) groups excluding carboxylic acids is 2. The number of aryl methyl sites for hydroxylation is 1. The number of rotatable bonds is 3. The van der Waals surface area contributed by atoms with Crippen molar-refractivity contribution in [3.63, 3.8) is 0 Å². The van der Waals surface area contributed by atoms with Gasteiger partial charge in [0.15, 0.2) is 0 Å². The van der Waals surface area contributed by atoms with Crippen molar-refractivity contribution < 1.29 is 14.3 Å². The van der Waals surface area contributed by atoms with E-state index in [0.29, 0.717) is 23.6 Å². The summed E-state index contributed by atoms with van der Waals surface area (Å²) in [5.74, 6) is 0.497. The van der Waals surface area contributed by atoms with Crippen LogP contribution < -0.4 is 10.1 Å². The predicted octanol–water partition coefficient (Wildman–Crippen LogP) is 4.14. The van der Waals surface area contributed by atoms with Gasteiger partial charge in [-0.15, -0.1) is 0 Å². The lowest BCUT2D eigenvalue weighted by molar-refractivity contribution is -0.115. The van der Waals surface area contributed by atoms with Crippen LogP contribution in [0.5, 0.6) is 5.75 Å². The summed E-state index contributed by atoms with van der Waals surface area (Å²) < 4.78 is 7.93. The van der Waals surface area contributed by atoms with Crippen molar-refractivity contribution in [2.45, 2.75) is 38.1 Å². The van der Waals surface area contributed by atoms with Crippen LogP contribution in [0.2, 0.25) is 0 Å². The summed E-state index contributed by atoms with van der Waals surface area (Å²) in [6, 6.07) is 13.7. The molecule has 0 bridgehead atoms. The van der Waals surface area contributed by atoms with E-state index in [9.17, 15) is 9.59 Å². The van der Waals surface area contributed by atoms with Crippen LogP contribution in [0.15, 0.2) is 48.7 Å². The fourth-order valence-electron chi connectivity index (χ4n) is 4.87. The second kappa shape index (κ2) is 8.10. The molecule has 3 heterocycles. The van der Waals surface area contributed by atoms with Crippen molar-refractivity contribution in [1.82, 2.24) is 9.47 Å². The van der Waals surface area contributed by atoms with Gasteiger partial charge >= 0.3 is 0 Å². The molecule has 5 rings (SSSR count). The van der Waals surface area contributed by atoms with Gasteiger partial charge in [-0.2, -0.15) is 0 Å². The fraction of sp³-hybridized carbons (Fsp3) is 0.360. The fourth-order valence-corrected chi connectivity index (χ4v) is 4.87. The zero-order valence-corrected chi connectivity index (χ0v) is 17.8. The van der Waals surface area contributed by atoms with Gasteiger partial charge in [0.25, 0.3) is 5.91 Å². The monoisotopic (exact) mass is 417 g/mol. The Labute approximate surface area is 181 Å². The molecule has 0 saturated carbocycles. The Morgan fingerprint density at radius 1 is 1.16 bits per heavy atom. The number of piperidine rings is 1. The quantitative estimate of drug-likeness (QED) is 0.697. The second-order valence-corrected chi connectivity index (χ2v) is 8.50. The first-order valence-corrected chi connectivity index (χ1v) is 11.0. The number of fused-ring (bicyclic) bond motifs is 3. The molecule has 1 atom stereocenters. The third-order valence-electron chi connectivity index (χ3n) is 6.42. The minimum absolute atomic E-state index is 0.00422. The summed E-state index contributed by atoms with van der Waals surface area (Å²) in [5, 5.41) is 4.05. The van der Waals surface area contributed by atoms with Gasteiger partial charge in [-0.05, 0) is 49.1 Å². The van der Waals surface area contributed by atoms with Crippen LogP contribution in [0.4, 0.5) is 5.69 Å². The van der Waals surface area contributed by atoms with E-state index < -0.39 is 0 Å². The first-order valence-electron chi connectivity index (χ1n) is 11.0. The highest BCUT2D eigenvalue weighted by atomic mass is 16.5. The van der Waals surface area contributed by atoms with Crippen LogP contribution in [-0.4, -0.2) is 40.5 Å². The molecule has 0 unspecified atom stereocenters. The first-order chi connectivity index (χ1) is 15.1. The SMILES string of the molecule is Cn1cc(CC(=O)Nc2ccc3c(c2)C(=O)N2CCCC[C@H]2CCO3)c2ccccc21. The number of hydrogen-bond donors (Lipinski definition) is 1. The molecule has 1 fully saturated rings. The first kappa shape index (κ1) is 19.7. The lowest BCUT2D eigenvalue weighted by atomic mass is 9.97. The van der Waals surface area contributed by atoms with Crippen molar-refractivity contribution in [3.8, 4) is 5.75 Å². The van der Waals surface area contributed by atoms with Crippen LogP contribution in [0, 0.1) is 0 Å². The minimum Gasteiger partial charge on any atom is -0.493 e. The molecule has 0 spiro atoms. The Hall–Kier alpha value is -3.28. The number of hydrogen-bond acceptors (Lipinski definition) is 3. The lowest BCUT2D eigenvalue weighted by Crippen LogP contribution is -2.45. The summed E-state index contributed by atoms with van der Waals surface area (Å²) in [5.41, 5.74) is 3.24. The molecule has 0 radical (unpaired) electrons. The third kappa shape index (κ3) is 3.78. The maximum Gasteiger partial charge on any atom is 0.257 e. The van der Waals surface area contributed by atoms with E-state index in [-0.39, 0.29) is 24.3 Å². The zero-order valence-electron chi connectivity index (χ0n) is 17.8. The van der Waals surface area contributed by atoms with Crippen molar-refractivity contribution in [3.05, 3.63) is 59.8 Å². The third-order valence-corrected chi connectivity index (χ3v) is 6.42. The summed E-state index contributed by atoms with van der Waals surface area (Å²) in [6.45, 7) is 1.40. The molecule has 3 aromatic rings. The number of benzene rings is 2. The Morgan fingerprint density at radius 3 is 2.94 bits per heavy atom. The molecule has 2 aliphatic heterocycles. The smallest absolute Gasteiger partial charge is 0.257 e. The normalized spacial score (nSPS) is 18.5. The summed E-state index contributed by atoms with van der Waals surface area (Å²) in [6.07, 6.45) is 6.38. The summed E-state index contributed by atoms with van der Waals surface area (Å²) in [7, 11) is 1.98. The average molecular weight is 418 g/mol. The van der Waals surface area contributed by atoms with Gasteiger partial charge in [0, 0.05) is 48.8 Å². The van der Waals surface area contributed by atoms with Gasteiger partial charge in [0.1, 0.15) is 5.75 Å². The molecule has 1 N–H and O–H groups in total. The number of amides is 2. The number of carbonyl (C=O) groups is 2. The minimum atomic E-state index is -0.105. The van der Waals surface area contributed by atoms with Gasteiger partial charge in [-0.3, -0.25) is 9.59 Å². The molecule has 6 nitrogen and oxygen atoms in total. The highest BCUT2D eigenvalue weighted by molar-refractivity contribution is 6.00. The van der Waals surface area contributed by atoms with Gasteiger partial charge in [-0.1, -0.05) is 18.2 Å². The molecule has 0 aliphatic carbocycles. The van der Waals surface area contributed by atoms with Crippen LogP contribution in [0.1, 0.15) is 41.6 Å². The highest BCUT2D eigenvalue weighted by Crippen LogP contribution is 2.31. The Kier molecular flexibility index (Phi) is 5.14. The maximum absolute atomic E-state index is 13.2. The average Bonchev–Trinajstić information content (AvgIpc) is 3.09. The van der Waals surface area contributed by atoms with E-state index in [2.05, 4.69) is 5.32 Å². The Morgan fingerprint density at radius 2 is 2.03 bits per heavy atom. The molecule has 6 heteroatoms. The molecule has 160 valence electrons. The molecule has 2 aliphatic rings. The van der Waals surface area contributed by atoms with Gasteiger partial charge in [-0.25, -0.2) is 0 Å². The molecule has 2 amide bonds. The van der Waals surface area contributed by atoms with Crippen LogP contribution in [0.25, 0.3) is 10.9 Å². The standard InChI is InChI=1S/C25H27N3O3/c1-27-16-17(20-7-2-3-8-22(20)27)14-24(29)26-18-9-10-23-21(15-18)25(30)28-12-5-4-6-19(28)11-13-31-23/h2-3,7-10,15-16,19H,4-6,11-14H2,1H3,(H,26,29)/t19-/m0/s1. The van der Waals surface area contributed by atoms with E-state index in [1.807, 2.05) is 53.0 Å². The predicted molar refractivity (Wildman–Crippen MR) is 120 cm³/mol. The number of aromatic nitrogens is 1. The van der Waals surface area contributed by atoms with Crippen molar-refractivity contribution in [2.24, 2.45) is 7.05 Å². The van der Waals surface area contributed by atoms with Crippen LogP contribution in [0.3, 0.4) is 0 Å². The lowest BCUT2D eigenvalue weighted by Gasteiger charge is -2.37. The van der Waals surface area contributed by atoms with Crippen molar-refractivity contribution in [1.29, 1.82) is 0 Å². The number of anilines is 1. The topological polar surface area (TPSA) is 63.6 Å². The zero-order chi connectivity index (χ0) is 21.4. The molecular formula is C25H27N3O3. The summed E-state index contributed by atoms with van der Waals surface area (Å²) >= 11 is 0. The number of para-hydroxylation sites is 1. The van der Waals surface area contributed by atoms with Crippen LogP contribution >= 0.6 is 0 Å². The number of nitrogens with zero attached hydrogens (tertiary/aromatic N) is 2. The molecule has 2 aromatic carbocycles. The summed E-state index contributed by atoms with van der Waals surface area (Å²) in [4.78, 5) is 28.0. The number of nitrogens with one attached hydrogen (secondary N) is 1. The molecule has 1 saturated heterocycles. The maximum atomic E-state index is 13.2. The van der Waals surface area contributed by atoms with Crippen LogP contribution in [-0.2, 0) is 18.3 Å². The van der Waals surface area contributed by atoms with Gasteiger partial charge < -0.3 is 19.5 Å². The van der Waals surface area contributed by atoms with E-state index in [1.165, 1.54) is 0 Å². The van der Waals surface area contributed by atoms with Gasteiger partial charge in [0.05, 0.1) is 18.6 Å². The molecule has 1 aromatic heterocycles. The molecule has 31 heavy (non-hydrogen) atoms. The van der Waals surface area contributed by atoms with E-state index in [4.69, 9.17) is 4.74 Å². The van der Waals surface area contributed by atoms with Gasteiger partial charge in [0.2, 0.25) is 5.91 Å².